The number of aromatic nitrogens is 3. The molecule has 7 nitrogen and oxygen atoms in total. The summed E-state index contributed by atoms with van der Waals surface area (Å²) in [6.45, 7) is 0.207. The van der Waals surface area contributed by atoms with Crippen molar-refractivity contribution in [2.75, 3.05) is 7.11 Å². The molecule has 0 aliphatic rings. The lowest BCUT2D eigenvalue weighted by molar-refractivity contribution is 0.0595. The molecule has 0 saturated heterocycles. The van der Waals surface area contributed by atoms with Gasteiger partial charge in [0.05, 0.1) is 30.9 Å². The summed E-state index contributed by atoms with van der Waals surface area (Å²) in [5.74, 6) is -1.32. The Morgan fingerprint density at radius 1 is 1.07 bits per heavy atom. The van der Waals surface area contributed by atoms with Crippen molar-refractivity contribution in [3.8, 4) is 11.4 Å². The topological polar surface area (TPSA) is 86.3 Å². The van der Waals surface area contributed by atoms with E-state index in [1.54, 1.807) is 4.68 Å². The molecule has 7 heteroatoms. The fraction of sp³-hybridized carbons (Fsp3) is 0.0952. The van der Waals surface area contributed by atoms with Gasteiger partial charge in [-0.2, -0.15) is 5.10 Å². The van der Waals surface area contributed by atoms with Gasteiger partial charge in [0, 0.05) is 0 Å². The second-order valence-corrected chi connectivity index (χ2v) is 6.22. The van der Waals surface area contributed by atoms with Crippen LogP contribution in [-0.4, -0.2) is 32.5 Å². The van der Waals surface area contributed by atoms with Crippen LogP contribution in [0.4, 0.5) is 0 Å². The molecule has 0 saturated carbocycles. The van der Waals surface area contributed by atoms with Gasteiger partial charge >= 0.3 is 5.97 Å². The Labute approximate surface area is 160 Å². The number of hydrogen-bond donors (Lipinski definition) is 1. The van der Waals surface area contributed by atoms with Crippen LogP contribution >= 0.6 is 0 Å². The molecule has 0 aliphatic carbocycles. The van der Waals surface area contributed by atoms with Gasteiger partial charge in [0.25, 0.3) is 5.56 Å². The molecule has 4 aromatic rings. The van der Waals surface area contributed by atoms with E-state index >= 15 is 0 Å². The number of ether oxygens (including phenoxy) is 1. The molecule has 0 aliphatic heterocycles. The molecular weight excluding hydrogens is 358 g/mol. The number of rotatable bonds is 4. The zero-order chi connectivity index (χ0) is 19.7. The Hall–Kier alpha value is -3.87. The third-order valence-corrected chi connectivity index (χ3v) is 4.52. The molecule has 0 amide bonds. The van der Waals surface area contributed by atoms with Crippen LogP contribution in [0.3, 0.4) is 0 Å². The highest BCUT2D eigenvalue weighted by molar-refractivity contribution is 5.99. The van der Waals surface area contributed by atoms with E-state index in [0.717, 1.165) is 11.3 Å². The number of carbonyl (C=O) groups excluding carboxylic acids is 1. The average molecular weight is 375 g/mol. The highest BCUT2D eigenvalue weighted by atomic mass is 16.5. The largest absolute Gasteiger partial charge is 0.506 e. The maximum absolute atomic E-state index is 13.2. The van der Waals surface area contributed by atoms with Crippen molar-refractivity contribution in [2.45, 2.75) is 6.54 Å². The first-order chi connectivity index (χ1) is 13.6. The van der Waals surface area contributed by atoms with Gasteiger partial charge in [-0.3, -0.25) is 9.36 Å². The van der Waals surface area contributed by atoms with Crippen LogP contribution in [0.2, 0.25) is 0 Å². The molecule has 0 atom stereocenters. The highest BCUT2D eigenvalue weighted by Gasteiger charge is 2.25. The predicted molar refractivity (Wildman–Crippen MR) is 104 cm³/mol. The molecule has 0 spiro atoms. The zero-order valence-electron chi connectivity index (χ0n) is 15.1. The monoisotopic (exact) mass is 375 g/mol. The lowest BCUT2D eigenvalue weighted by atomic mass is 10.1. The van der Waals surface area contributed by atoms with Crippen LogP contribution in [-0.2, 0) is 11.3 Å². The van der Waals surface area contributed by atoms with Crippen molar-refractivity contribution in [1.29, 1.82) is 0 Å². The van der Waals surface area contributed by atoms with Crippen LogP contribution in [0.1, 0.15) is 15.9 Å². The van der Waals surface area contributed by atoms with Gasteiger partial charge in [0.2, 0.25) is 0 Å². The van der Waals surface area contributed by atoms with Gasteiger partial charge in [-0.25, -0.2) is 9.48 Å². The lowest BCUT2D eigenvalue weighted by Crippen LogP contribution is -2.29. The molecular formula is C21H17N3O4. The number of aromatic hydroxyl groups is 1. The Morgan fingerprint density at radius 2 is 1.71 bits per heavy atom. The Bertz CT molecular complexity index is 1210. The number of pyridine rings is 1. The molecule has 2 heterocycles. The van der Waals surface area contributed by atoms with E-state index in [1.807, 2.05) is 60.7 Å². The first kappa shape index (κ1) is 17.5. The minimum absolute atomic E-state index is 0.207. The number of nitrogens with zero attached hydrogens (tertiary/aromatic N) is 3. The molecule has 0 radical (unpaired) electrons. The smallest absolute Gasteiger partial charge is 0.347 e. The number of methoxy groups -OCH3 is 1. The highest BCUT2D eigenvalue weighted by Crippen LogP contribution is 2.28. The minimum atomic E-state index is -0.890. The number of carbonyl (C=O) groups is 1. The third kappa shape index (κ3) is 2.83. The second kappa shape index (κ2) is 7.03. The van der Waals surface area contributed by atoms with E-state index < -0.39 is 22.8 Å². The van der Waals surface area contributed by atoms with E-state index in [4.69, 9.17) is 4.74 Å². The van der Waals surface area contributed by atoms with Crippen molar-refractivity contribution in [2.24, 2.45) is 0 Å². The first-order valence-electron chi connectivity index (χ1n) is 8.63. The maximum atomic E-state index is 13.2. The standard InChI is InChI=1S/C21H17N3O4/c1-28-21(27)17-18(25)16-12-22-24(15-10-6-3-7-11-15)19(16)23(20(17)26)13-14-8-4-2-5-9-14/h2-12,25H,13H2,1H3. The summed E-state index contributed by atoms with van der Waals surface area (Å²) < 4.78 is 7.70. The van der Waals surface area contributed by atoms with E-state index in [2.05, 4.69) is 5.10 Å². The Morgan fingerprint density at radius 3 is 2.36 bits per heavy atom. The summed E-state index contributed by atoms with van der Waals surface area (Å²) >= 11 is 0. The van der Waals surface area contributed by atoms with E-state index in [-0.39, 0.29) is 6.54 Å². The predicted octanol–water partition coefficient (Wildman–Crippen LogP) is 2.73. The number of fused-ring (bicyclic) bond motifs is 1. The lowest BCUT2D eigenvalue weighted by Gasteiger charge is -2.14. The molecule has 28 heavy (non-hydrogen) atoms. The zero-order valence-corrected chi connectivity index (χ0v) is 15.1. The van der Waals surface area contributed by atoms with E-state index in [9.17, 15) is 14.7 Å². The minimum Gasteiger partial charge on any atom is -0.506 e. The van der Waals surface area contributed by atoms with Gasteiger partial charge < -0.3 is 9.84 Å². The SMILES string of the molecule is COC(=O)c1c(O)c2cnn(-c3ccccc3)c2n(Cc2ccccc2)c1=O. The van der Waals surface area contributed by atoms with Crippen LogP contribution < -0.4 is 5.56 Å². The Balaban J connectivity index is 2.06. The second-order valence-electron chi connectivity index (χ2n) is 6.22. The molecule has 140 valence electrons. The molecule has 4 rings (SSSR count). The van der Waals surface area contributed by atoms with E-state index in [1.165, 1.54) is 17.9 Å². The van der Waals surface area contributed by atoms with Gasteiger partial charge in [0.1, 0.15) is 5.75 Å². The van der Waals surface area contributed by atoms with Crippen molar-refractivity contribution in [3.63, 3.8) is 0 Å². The van der Waals surface area contributed by atoms with Crippen molar-refractivity contribution < 1.29 is 14.6 Å². The van der Waals surface area contributed by atoms with Crippen LogP contribution in [0.5, 0.6) is 5.75 Å². The Kier molecular flexibility index (Phi) is 4.41. The fourth-order valence-electron chi connectivity index (χ4n) is 3.19. The summed E-state index contributed by atoms with van der Waals surface area (Å²) in [5, 5.41) is 15.2. The number of esters is 1. The summed E-state index contributed by atoms with van der Waals surface area (Å²) in [7, 11) is 1.17. The van der Waals surface area contributed by atoms with E-state index in [0.29, 0.717) is 11.0 Å². The normalized spacial score (nSPS) is 10.9. The molecule has 0 bridgehead atoms. The van der Waals surface area contributed by atoms with Gasteiger partial charge in [-0.15, -0.1) is 0 Å². The van der Waals surface area contributed by atoms with Gasteiger partial charge in [-0.1, -0.05) is 48.5 Å². The summed E-state index contributed by atoms with van der Waals surface area (Å²) in [6, 6.07) is 18.6. The molecule has 0 fully saturated rings. The number of benzene rings is 2. The summed E-state index contributed by atoms with van der Waals surface area (Å²) in [5.41, 5.74) is 0.944. The molecule has 0 unspecified atom stereocenters. The molecule has 2 aromatic heterocycles. The first-order valence-corrected chi connectivity index (χ1v) is 8.63. The summed E-state index contributed by atoms with van der Waals surface area (Å²) in [4.78, 5) is 25.3. The number of hydrogen-bond acceptors (Lipinski definition) is 5. The van der Waals surface area contributed by atoms with Crippen molar-refractivity contribution in [3.05, 3.63) is 88.3 Å². The van der Waals surface area contributed by atoms with Crippen LogP contribution in [0.15, 0.2) is 71.7 Å². The number of para-hydroxylation sites is 1. The average Bonchev–Trinajstić information content (AvgIpc) is 3.18. The van der Waals surface area contributed by atoms with Crippen molar-refractivity contribution in [1.82, 2.24) is 14.3 Å². The quantitative estimate of drug-likeness (QED) is 0.554. The molecule has 1 N–H and O–H groups in total. The maximum Gasteiger partial charge on any atom is 0.347 e. The van der Waals surface area contributed by atoms with Crippen molar-refractivity contribution >= 4 is 17.0 Å². The fourth-order valence-corrected chi connectivity index (χ4v) is 3.19. The third-order valence-electron chi connectivity index (χ3n) is 4.52. The van der Waals surface area contributed by atoms with Gasteiger partial charge in [0.15, 0.2) is 11.2 Å². The van der Waals surface area contributed by atoms with Crippen LogP contribution in [0.25, 0.3) is 16.7 Å². The van der Waals surface area contributed by atoms with Crippen LogP contribution in [0, 0.1) is 0 Å². The van der Waals surface area contributed by atoms with Gasteiger partial charge in [-0.05, 0) is 17.7 Å². The summed E-state index contributed by atoms with van der Waals surface area (Å²) in [6.07, 6.45) is 1.44. The molecule has 2 aromatic carbocycles.